The zero-order valence-electron chi connectivity index (χ0n) is 15.8. The van der Waals surface area contributed by atoms with Crippen LogP contribution in [0.25, 0.3) is 10.8 Å². The van der Waals surface area contributed by atoms with Crippen molar-refractivity contribution in [1.29, 1.82) is 0 Å². The molecule has 0 aliphatic rings. The van der Waals surface area contributed by atoms with E-state index in [1.165, 1.54) is 0 Å². The molecule has 0 aliphatic carbocycles. The van der Waals surface area contributed by atoms with Crippen molar-refractivity contribution in [2.75, 3.05) is 20.3 Å². The van der Waals surface area contributed by atoms with Crippen molar-refractivity contribution in [2.24, 2.45) is 0 Å². The van der Waals surface area contributed by atoms with E-state index in [1.807, 2.05) is 67.6 Å². The maximum Gasteiger partial charge on any atom is 0.258 e. The van der Waals surface area contributed by atoms with E-state index in [2.05, 4.69) is 21.2 Å². The van der Waals surface area contributed by atoms with Gasteiger partial charge in [-0.15, -0.1) is 0 Å². The molecule has 5 nitrogen and oxygen atoms in total. The topological polar surface area (TPSA) is 56.8 Å². The van der Waals surface area contributed by atoms with Crippen molar-refractivity contribution in [3.8, 4) is 17.2 Å². The van der Waals surface area contributed by atoms with Crippen LogP contribution in [-0.4, -0.2) is 32.3 Å². The van der Waals surface area contributed by atoms with Gasteiger partial charge in [0.2, 0.25) is 0 Å². The van der Waals surface area contributed by atoms with Gasteiger partial charge in [-0.3, -0.25) is 4.79 Å². The highest BCUT2D eigenvalue weighted by molar-refractivity contribution is 9.10. The van der Waals surface area contributed by atoms with Crippen LogP contribution in [0.5, 0.6) is 17.2 Å². The number of rotatable bonds is 8. The van der Waals surface area contributed by atoms with E-state index < -0.39 is 0 Å². The Morgan fingerprint density at radius 2 is 1.71 bits per heavy atom. The lowest BCUT2D eigenvalue weighted by atomic mass is 10.1. The number of halogens is 1. The average Bonchev–Trinajstić information content (AvgIpc) is 2.72. The fourth-order valence-electron chi connectivity index (χ4n) is 2.72. The van der Waals surface area contributed by atoms with Crippen molar-refractivity contribution in [2.45, 2.75) is 13.0 Å². The molecule has 0 bridgehead atoms. The van der Waals surface area contributed by atoms with Gasteiger partial charge in [-0.05, 0) is 64.0 Å². The SMILES string of the molecule is COc1ccc(OC[C@@H](C)NC(=O)COc2ccc3ccccc3c2Br)cc1. The first-order valence-corrected chi connectivity index (χ1v) is 9.72. The molecule has 0 heterocycles. The monoisotopic (exact) mass is 443 g/mol. The van der Waals surface area contributed by atoms with Crippen LogP contribution < -0.4 is 19.5 Å². The Morgan fingerprint density at radius 1 is 1.00 bits per heavy atom. The second-order valence-corrected chi connectivity index (χ2v) is 7.14. The highest BCUT2D eigenvalue weighted by Gasteiger charge is 2.11. The molecular formula is C22H22BrNO4. The lowest BCUT2D eigenvalue weighted by Gasteiger charge is -2.16. The van der Waals surface area contributed by atoms with Crippen LogP contribution in [-0.2, 0) is 4.79 Å². The number of methoxy groups -OCH3 is 1. The summed E-state index contributed by atoms with van der Waals surface area (Å²) in [5.74, 6) is 1.92. The lowest BCUT2D eigenvalue weighted by Crippen LogP contribution is -2.39. The molecule has 3 aromatic carbocycles. The number of nitrogens with one attached hydrogen (secondary N) is 1. The summed E-state index contributed by atoms with van der Waals surface area (Å²) in [6.45, 7) is 2.18. The molecule has 0 fully saturated rings. The quantitative estimate of drug-likeness (QED) is 0.553. The number of ether oxygens (including phenoxy) is 3. The first kappa shape index (κ1) is 20.0. The van der Waals surface area contributed by atoms with E-state index in [0.717, 1.165) is 26.7 Å². The molecule has 0 aliphatic heterocycles. The Labute approximate surface area is 172 Å². The van der Waals surface area contributed by atoms with Crippen molar-refractivity contribution < 1.29 is 19.0 Å². The minimum Gasteiger partial charge on any atom is -0.497 e. The third-order valence-corrected chi connectivity index (χ3v) is 4.97. The van der Waals surface area contributed by atoms with Crippen molar-refractivity contribution in [3.63, 3.8) is 0 Å². The van der Waals surface area contributed by atoms with Gasteiger partial charge in [0.15, 0.2) is 6.61 Å². The predicted molar refractivity (Wildman–Crippen MR) is 113 cm³/mol. The van der Waals surface area contributed by atoms with Crippen LogP contribution in [0, 0.1) is 0 Å². The Morgan fingerprint density at radius 3 is 2.46 bits per heavy atom. The van der Waals surface area contributed by atoms with Crippen LogP contribution in [0.2, 0.25) is 0 Å². The molecule has 3 rings (SSSR count). The standard InChI is InChI=1S/C22H22BrNO4/c1-15(13-27-18-10-8-17(26-2)9-11-18)24-21(25)14-28-20-12-7-16-5-3-4-6-19(16)22(20)23/h3-12,15H,13-14H2,1-2H3,(H,24,25)/t15-/m1/s1. The Kier molecular flexibility index (Phi) is 6.76. The number of benzene rings is 3. The Balaban J connectivity index is 1.47. The Hall–Kier alpha value is -2.73. The van der Waals surface area contributed by atoms with Gasteiger partial charge in [-0.2, -0.15) is 0 Å². The first-order chi connectivity index (χ1) is 13.6. The summed E-state index contributed by atoms with van der Waals surface area (Å²) in [7, 11) is 1.62. The van der Waals surface area contributed by atoms with Gasteiger partial charge in [-0.25, -0.2) is 0 Å². The molecule has 0 saturated carbocycles. The molecule has 3 aromatic rings. The van der Waals surface area contributed by atoms with E-state index in [9.17, 15) is 4.79 Å². The number of carbonyl (C=O) groups excluding carboxylic acids is 1. The molecule has 1 atom stereocenters. The van der Waals surface area contributed by atoms with Gasteiger partial charge in [0.05, 0.1) is 17.6 Å². The first-order valence-electron chi connectivity index (χ1n) is 8.93. The molecule has 0 saturated heterocycles. The van der Waals surface area contributed by atoms with Crippen LogP contribution in [0.15, 0.2) is 65.1 Å². The molecule has 0 aromatic heterocycles. The van der Waals surface area contributed by atoms with E-state index in [4.69, 9.17) is 14.2 Å². The molecule has 146 valence electrons. The zero-order valence-corrected chi connectivity index (χ0v) is 17.4. The fourth-order valence-corrected chi connectivity index (χ4v) is 3.33. The van der Waals surface area contributed by atoms with Gasteiger partial charge in [0, 0.05) is 0 Å². The fraction of sp³-hybridized carbons (Fsp3) is 0.227. The van der Waals surface area contributed by atoms with Crippen LogP contribution in [0.4, 0.5) is 0 Å². The highest BCUT2D eigenvalue weighted by Crippen LogP contribution is 2.32. The Bertz CT molecular complexity index is 943. The van der Waals surface area contributed by atoms with E-state index >= 15 is 0 Å². The number of amides is 1. The molecular weight excluding hydrogens is 422 g/mol. The zero-order chi connectivity index (χ0) is 19.9. The molecule has 28 heavy (non-hydrogen) atoms. The van der Waals surface area contributed by atoms with E-state index in [1.54, 1.807) is 7.11 Å². The average molecular weight is 444 g/mol. The lowest BCUT2D eigenvalue weighted by molar-refractivity contribution is -0.123. The summed E-state index contributed by atoms with van der Waals surface area (Å²) in [6.07, 6.45) is 0. The third kappa shape index (κ3) is 5.16. The van der Waals surface area contributed by atoms with Gasteiger partial charge in [0.1, 0.15) is 23.9 Å². The molecule has 0 radical (unpaired) electrons. The minimum absolute atomic E-state index is 0.0657. The normalized spacial score (nSPS) is 11.7. The van der Waals surface area contributed by atoms with Crippen molar-refractivity contribution in [1.82, 2.24) is 5.32 Å². The van der Waals surface area contributed by atoms with Gasteiger partial charge in [0.25, 0.3) is 5.91 Å². The second kappa shape index (κ2) is 9.46. The highest BCUT2D eigenvalue weighted by atomic mass is 79.9. The van der Waals surface area contributed by atoms with E-state index in [-0.39, 0.29) is 18.6 Å². The van der Waals surface area contributed by atoms with Gasteiger partial charge < -0.3 is 19.5 Å². The summed E-state index contributed by atoms with van der Waals surface area (Å²) in [6, 6.07) is 19.0. The number of hydrogen-bond acceptors (Lipinski definition) is 4. The molecule has 6 heteroatoms. The molecule has 1 amide bonds. The van der Waals surface area contributed by atoms with Crippen LogP contribution in [0.1, 0.15) is 6.92 Å². The summed E-state index contributed by atoms with van der Waals surface area (Å²) < 4.78 is 17.3. The largest absolute Gasteiger partial charge is 0.497 e. The maximum absolute atomic E-state index is 12.2. The van der Waals surface area contributed by atoms with Crippen LogP contribution >= 0.6 is 15.9 Å². The summed E-state index contributed by atoms with van der Waals surface area (Å²) in [5.41, 5.74) is 0. The molecule has 0 unspecified atom stereocenters. The number of carbonyl (C=O) groups is 1. The number of hydrogen-bond donors (Lipinski definition) is 1. The molecule has 0 spiro atoms. The smallest absolute Gasteiger partial charge is 0.258 e. The van der Waals surface area contributed by atoms with Gasteiger partial charge >= 0.3 is 0 Å². The van der Waals surface area contributed by atoms with Crippen molar-refractivity contribution >= 4 is 32.6 Å². The summed E-state index contributed by atoms with van der Waals surface area (Å²) >= 11 is 3.56. The number of fused-ring (bicyclic) bond motifs is 1. The van der Waals surface area contributed by atoms with Gasteiger partial charge in [-0.1, -0.05) is 30.3 Å². The maximum atomic E-state index is 12.2. The second-order valence-electron chi connectivity index (χ2n) is 6.34. The minimum atomic E-state index is -0.203. The predicted octanol–water partition coefficient (Wildman–Crippen LogP) is 4.57. The van der Waals surface area contributed by atoms with Crippen molar-refractivity contribution in [3.05, 3.63) is 65.1 Å². The third-order valence-electron chi connectivity index (χ3n) is 4.15. The summed E-state index contributed by atoms with van der Waals surface area (Å²) in [5, 5.41) is 5.02. The van der Waals surface area contributed by atoms with Crippen LogP contribution in [0.3, 0.4) is 0 Å². The summed E-state index contributed by atoms with van der Waals surface area (Å²) in [4.78, 5) is 12.2. The molecule has 1 N–H and O–H groups in total. The van der Waals surface area contributed by atoms with E-state index in [0.29, 0.717) is 12.4 Å².